The number of rotatable bonds is 6. The lowest BCUT2D eigenvalue weighted by Crippen LogP contribution is -2.53. The van der Waals surface area contributed by atoms with E-state index in [-0.39, 0.29) is 18.6 Å². The number of hydrogen-bond acceptors (Lipinski definition) is 4. The quantitative estimate of drug-likeness (QED) is 0.689. The summed E-state index contributed by atoms with van der Waals surface area (Å²) < 4.78 is 0. The standard InChI is InChI=1S/C16H30N2O3/c1-12(19)14-7-15(10-18(9-14)11-16(20)21)17-8-13-5-3-2-4-6-13/h12-15,17,19H,2-11H2,1H3,(H,20,21). The number of carbonyl (C=O) groups is 1. The van der Waals surface area contributed by atoms with Gasteiger partial charge in [-0.2, -0.15) is 0 Å². The molecule has 122 valence electrons. The molecular formula is C16H30N2O3. The first kappa shape index (κ1) is 16.7. The number of aliphatic hydroxyl groups excluding tert-OH is 1. The van der Waals surface area contributed by atoms with Gasteiger partial charge in [0.1, 0.15) is 0 Å². The van der Waals surface area contributed by atoms with Crippen molar-refractivity contribution in [1.29, 1.82) is 0 Å². The van der Waals surface area contributed by atoms with Gasteiger partial charge in [0.15, 0.2) is 0 Å². The smallest absolute Gasteiger partial charge is 0.317 e. The Labute approximate surface area is 127 Å². The fourth-order valence-corrected chi connectivity index (χ4v) is 3.77. The van der Waals surface area contributed by atoms with E-state index in [0.717, 1.165) is 25.4 Å². The highest BCUT2D eigenvalue weighted by molar-refractivity contribution is 5.69. The van der Waals surface area contributed by atoms with Crippen LogP contribution in [0.15, 0.2) is 0 Å². The molecule has 0 amide bonds. The third-order valence-electron chi connectivity index (χ3n) is 5.02. The second-order valence-electron chi connectivity index (χ2n) is 6.93. The molecule has 2 rings (SSSR count). The molecular weight excluding hydrogens is 268 g/mol. The summed E-state index contributed by atoms with van der Waals surface area (Å²) in [6, 6.07) is 0.305. The highest BCUT2D eigenvalue weighted by Gasteiger charge is 2.30. The normalized spacial score (nSPS) is 30.2. The number of hydrogen-bond donors (Lipinski definition) is 3. The van der Waals surface area contributed by atoms with Crippen LogP contribution in [0.4, 0.5) is 0 Å². The van der Waals surface area contributed by atoms with E-state index in [2.05, 4.69) is 5.32 Å². The summed E-state index contributed by atoms with van der Waals surface area (Å²) >= 11 is 0. The molecule has 1 heterocycles. The van der Waals surface area contributed by atoms with Crippen LogP contribution in [0, 0.1) is 11.8 Å². The average molecular weight is 298 g/mol. The Balaban J connectivity index is 1.82. The zero-order chi connectivity index (χ0) is 15.2. The van der Waals surface area contributed by atoms with Crippen molar-refractivity contribution in [2.75, 3.05) is 26.2 Å². The molecule has 1 saturated carbocycles. The van der Waals surface area contributed by atoms with Crippen LogP contribution in [-0.4, -0.2) is 59.4 Å². The third kappa shape index (κ3) is 5.57. The van der Waals surface area contributed by atoms with Crippen molar-refractivity contribution in [3.8, 4) is 0 Å². The SMILES string of the molecule is CC(O)C1CC(NCC2CCCCC2)CN(CC(=O)O)C1. The Hall–Kier alpha value is -0.650. The molecule has 3 N–H and O–H groups in total. The number of carboxylic acids is 1. The van der Waals surface area contributed by atoms with E-state index < -0.39 is 5.97 Å². The van der Waals surface area contributed by atoms with Crippen molar-refractivity contribution in [3.63, 3.8) is 0 Å². The zero-order valence-electron chi connectivity index (χ0n) is 13.1. The molecule has 0 radical (unpaired) electrons. The fraction of sp³-hybridized carbons (Fsp3) is 0.938. The van der Waals surface area contributed by atoms with Crippen LogP contribution in [0.2, 0.25) is 0 Å². The molecule has 0 aromatic carbocycles. The molecule has 0 spiro atoms. The molecule has 0 bridgehead atoms. The molecule has 0 aromatic heterocycles. The van der Waals surface area contributed by atoms with Crippen molar-refractivity contribution in [3.05, 3.63) is 0 Å². The van der Waals surface area contributed by atoms with Gasteiger partial charge in [0.25, 0.3) is 0 Å². The maximum Gasteiger partial charge on any atom is 0.317 e. The van der Waals surface area contributed by atoms with E-state index in [1.807, 2.05) is 11.8 Å². The van der Waals surface area contributed by atoms with Gasteiger partial charge in [-0.15, -0.1) is 0 Å². The van der Waals surface area contributed by atoms with Gasteiger partial charge >= 0.3 is 5.97 Å². The number of likely N-dealkylation sites (tertiary alicyclic amines) is 1. The lowest BCUT2D eigenvalue weighted by Gasteiger charge is -2.39. The predicted molar refractivity (Wildman–Crippen MR) is 82.2 cm³/mol. The van der Waals surface area contributed by atoms with Gasteiger partial charge in [-0.3, -0.25) is 9.69 Å². The Morgan fingerprint density at radius 3 is 2.62 bits per heavy atom. The monoisotopic (exact) mass is 298 g/mol. The molecule has 5 nitrogen and oxygen atoms in total. The van der Waals surface area contributed by atoms with E-state index in [1.54, 1.807) is 0 Å². The largest absolute Gasteiger partial charge is 0.480 e. The second-order valence-corrected chi connectivity index (χ2v) is 6.93. The molecule has 0 aromatic rings. The fourth-order valence-electron chi connectivity index (χ4n) is 3.77. The Morgan fingerprint density at radius 1 is 1.29 bits per heavy atom. The minimum atomic E-state index is -0.785. The Bertz CT molecular complexity index is 329. The molecule has 21 heavy (non-hydrogen) atoms. The first-order valence-corrected chi connectivity index (χ1v) is 8.40. The van der Waals surface area contributed by atoms with Gasteiger partial charge in [0, 0.05) is 19.1 Å². The van der Waals surface area contributed by atoms with Gasteiger partial charge < -0.3 is 15.5 Å². The predicted octanol–water partition coefficient (Wildman–Crippen LogP) is 1.31. The first-order chi connectivity index (χ1) is 10.0. The van der Waals surface area contributed by atoms with Gasteiger partial charge in [-0.1, -0.05) is 19.3 Å². The topological polar surface area (TPSA) is 72.8 Å². The van der Waals surface area contributed by atoms with E-state index in [9.17, 15) is 9.90 Å². The number of piperidine rings is 1. The molecule has 3 unspecified atom stereocenters. The minimum absolute atomic E-state index is 0.0742. The van der Waals surface area contributed by atoms with Crippen molar-refractivity contribution in [1.82, 2.24) is 10.2 Å². The van der Waals surface area contributed by atoms with Crippen LogP contribution >= 0.6 is 0 Å². The van der Waals surface area contributed by atoms with Crippen LogP contribution in [-0.2, 0) is 4.79 Å². The van der Waals surface area contributed by atoms with Gasteiger partial charge in [0.2, 0.25) is 0 Å². The Morgan fingerprint density at radius 2 is 2.00 bits per heavy atom. The number of nitrogens with one attached hydrogen (secondary N) is 1. The van der Waals surface area contributed by atoms with Crippen molar-refractivity contribution in [2.45, 2.75) is 57.6 Å². The maximum absolute atomic E-state index is 10.9. The van der Waals surface area contributed by atoms with E-state index in [1.165, 1.54) is 32.1 Å². The molecule has 2 fully saturated rings. The van der Waals surface area contributed by atoms with Crippen LogP contribution in [0.5, 0.6) is 0 Å². The highest BCUT2D eigenvalue weighted by atomic mass is 16.4. The van der Waals surface area contributed by atoms with Gasteiger partial charge in [-0.05, 0) is 44.6 Å². The molecule has 1 aliphatic carbocycles. The van der Waals surface area contributed by atoms with Crippen LogP contribution in [0.3, 0.4) is 0 Å². The summed E-state index contributed by atoms with van der Waals surface area (Å²) in [5.41, 5.74) is 0. The summed E-state index contributed by atoms with van der Waals surface area (Å²) in [7, 11) is 0. The van der Waals surface area contributed by atoms with Gasteiger partial charge in [-0.25, -0.2) is 0 Å². The molecule has 5 heteroatoms. The van der Waals surface area contributed by atoms with Crippen molar-refractivity contribution in [2.24, 2.45) is 11.8 Å². The van der Waals surface area contributed by atoms with Crippen LogP contribution in [0.1, 0.15) is 45.4 Å². The lowest BCUT2D eigenvalue weighted by molar-refractivity contribution is -0.139. The average Bonchev–Trinajstić information content (AvgIpc) is 2.45. The van der Waals surface area contributed by atoms with Crippen LogP contribution in [0.25, 0.3) is 0 Å². The van der Waals surface area contributed by atoms with E-state index in [4.69, 9.17) is 5.11 Å². The van der Waals surface area contributed by atoms with Crippen molar-refractivity contribution < 1.29 is 15.0 Å². The Kier molecular flexibility index (Phi) is 6.45. The summed E-state index contributed by atoms with van der Waals surface area (Å²) in [6.07, 6.45) is 7.27. The minimum Gasteiger partial charge on any atom is -0.480 e. The maximum atomic E-state index is 10.9. The zero-order valence-corrected chi connectivity index (χ0v) is 13.1. The number of carboxylic acid groups (broad SMARTS) is 1. The summed E-state index contributed by atoms with van der Waals surface area (Å²) in [5, 5.41) is 22.5. The van der Waals surface area contributed by atoms with Gasteiger partial charge in [0.05, 0.1) is 12.6 Å². The summed E-state index contributed by atoms with van der Waals surface area (Å²) in [5.74, 6) is 0.160. The second kappa shape index (κ2) is 8.11. The molecule has 1 aliphatic heterocycles. The molecule has 2 aliphatic rings. The van der Waals surface area contributed by atoms with E-state index in [0.29, 0.717) is 12.6 Å². The lowest BCUT2D eigenvalue weighted by atomic mass is 9.87. The molecule has 3 atom stereocenters. The van der Waals surface area contributed by atoms with E-state index >= 15 is 0 Å². The first-order valence-electron chi connectivity index (χ1n) is 8.40. The summed E-state index contributed by atoms with van der Waals surface area (Å²) in [6.45, 7) is 4.39. The van der Waals surface area contributed by atoms with Crippen LogP contribution < -0.4 is 5.32 Å². The number of aliphatic carboxylic acids is 1. The number of nitrogens with zero attached hydrogens (tertiary/aromatic N) is 1. The number of aliphatic hydroxyl groups is 1. The summed E-state index contributed by atoms with van der Waals surface area (Å²) in [4.78, 5) is 12.9. The third-order valence-corrected chi connectivity index (χ3v) is 5.02. The highest BCUT2D eigenvalue weighted by Crippen LogP contribution is 2.24. The van der Waals surface area contributed by atoms with Crippen molar-refractivity contribution >= 4 is 5.97 Å². The molecule has 1 saturated heterocycles.